The molecule has 0 atom stereocenters. The van der Waals surface area contributed by atoms with E-state index in [2.05, 4.69) is 4.37 Å². The number of nitrogens with one attached hydrogen (secondary N) is 1. The minimum atomic E-state index is -5.12. The molecule has 0 aliphatic rings. The molecule has 116 valence electrons. The summed E-state index contributed by atoms with van der Waals surface area (Å²) >= 11 is 0.509. The predicted octanol–water partition coefficient (Wildman–Crippen LogP) is 3.32. The van der Waals surface area contributed by atoms with Crippen molar-refractivity contribution in [3.63, 3.8) is 0 Å². The molecule has 0 unspecified atom stereocenters. The lowest BCUT2D eigenvalue weighted by Gasteiger charge is -2.10. The highest BCUT2D eigenvalue weighted by Crippen LogP contribution is 2.35. The first kappa shape index (κ1) is 16.0. The SMILES string of the molecule is Cc1ccccc1-c1nsc(C(=O)O)c1NC(=O)C(F)(F)F. The van der Waals surface area contributed by atoms with Gasteiger partial charge >= 0.3 is 18.1 Å². The van der Waals surface area contributed by atoms with Gasteiger partial charge in [0.05, 0.1) is 5.69 Å². The maximum absolute atomic E-state index is 12.4. The van der Waals surface area contributed by atoms with Gasteiger partial charge in [-0.2, -0.15) is 17.5 Å². The molecule has 2 rings (SSSR count). The average molecular weight is 330 g/mol. The summed E-state index contributed by atoms with van der Waals surface area (Å²) in [6, 6.07) is 6.64. The molecule has 1 aromatic heterocycles. The van der Waals surface area contributed by atoms with E-state index >= 15 is 0 Å². The van der Waals surface area contributed by atoms with E-state index in [1.54, 1.807) is 36.5 Å². The summed E-state index contributed by atoms with van der Waals surface area (Å²) in [6.07, 6.45) is -5.12. The number of nitrogens with zero attached hydrogens (tertiary/aromatic N) is 1. The highest BCUT2D eigenvalue weighted by atomic mass is 32.1. The van der Waals surface area contributed by atoms with Crippen molar-refractivity contribution < 1.29 is 27.9 Å². The second-order valence-electron chi connectivity index (χ2n) is 4.31. The number of halogens is 3. The minimum Gasteiger partial charge on any atom is -0.477 e. The molecular weight excluding hydrogens is 321 g/mol. The molecule has 0 aliphatic heterocycles. The lowest BCUT2D eigenvalue weighted by molar-refractivity contribution is -0.167. The molecule has 0 aliphatic carbocycles. The number of rotatable bonds is 3. The number of aromatic carboxylic acids is 1. The number of amides is 1. The Balaban J connectivity index is 2.55. The fraction of sp³-hybridized carbons (Fsp3) is 0.154. The van der Waals surface area contributed by atoms with E-state index in [-0.39, 0.29) is 5.69 Å². The summed E-state index contributed by atoms with van der Waals surface area (Å²) in [4.78, 5) is 21.8. The van der Waals surface area contributed by atoms with E-state index in [4.69, 9.17) is 5.11 Å². The summed E-state index contributed by atoms with van der Waals surface area (Å²) in [5.74, 6) is -3.71. The van der Waals surface area contributed by atoms with E-state index < -0.39 is 28.6 Å². The second-order valence-corrected chi connectivity index (χ2v) is 5.08. The molecule has 9 heteroatoms. The monoisotopic (exact) mass is 330 g/mol. The Morgan fingerprint density at radius 2 is 1.91 bits per heavy atom. The van der Waals surface area contributed by atoms with Crippen LogP contribution in [0.3, 0.4) is 0 Å². The molecule has 0 fully saturated rings. The quantitative estimate of drug-likeness (QED) is 0.905. The van der Waals surface area contributed by atoms with Crippen LogP contribution in [0.15, 0.2) is 24.3 Å². The molecule has 1 aromatic carbocycles. The first-order chi connectivity index (χ1) is 10.2. The van der Waals surface area contributed by atoms with Gasteiger partial charge in [0, 0.05) is 5.56 Å². The third kappa shape index (κ3) is 3.08. The van der Waals surface area contributed by atoms with Crippen LogP contribution >= 0.6 is 11.5 Å². The van der Waals surface area contributed by atoms with Crippen molar-refractivity contribution in [3.8, 4) is 11.3 Å². The summed E-state index contributed by atoms with van der Waals surface area (Å²) < 4.78 is 41.1. The first-order valence-electron chi connectivity index (χ1n) is 5.89. The van der Waals surface area contributed by atoms with Gasteiger partial charge in [0.2, 0.25) is 0 Å². The lowest BCUT2D eigenvalue weighted by Crippen LogP contribution is -2.30. The zero-order valence-corrected chi connectivity index (χ0v) is 11.9. The van der Waals surface area contributed by atoms with E-state index in [1.165, 1.54) is 0 Å². The molecular formula is C13H9F3N2O3S. The number of alkyl halides is 3. The Kier molecular flexibility index (Phi) is 4.18. The third-order valence-electron chi connectivity index (χ3n) is 2.78. The van der Waals surface area contributed by atoms with Crippen molar-refractivity contribution in [2.45, 2.75) is 13.1 Å². The maximum atomic E-state index is 12.4. The van der Waals surface area contributed by atoms with Gasteiger partial charge in [0.25, 0.3) is 0 Å². The largest absolute Gasteiger partial charge is 0.477 e. The molecule has 5 nitrogen and oxygen atoms in total. The van der Waals surface area contributed by atoms with Crippen LogP contribution in [-0.4, -0.2) is 27.5 Å². The average Bonchev–Trinajstić information content (AvgIpc) is 2.82. The number of hydrogen-bond donors (Lipinski definition) is 2. The van der Waals surface area contributed by atoms with E-state index in [0.717, 1.165) is 0 Å². The highest BCUT2D eigenvalue weighted by molar-refractivity contribution is 7.09. The van der Waals surface area contributed by atoms with Crippen molar-refractivity contribution in [2.75, 3.05) is 5.32 Å². The fourth-order valence-electron chi connectivity index (χ4n) is 1.76. The van der Waals surface area contributed by atoms with Crippen LogP contribution in [0.4, 0.5) is 18.9 Å². The van der Waals surface area contributed by atoms with E-state index in [9.17, 15) is 22.8 Å². The second kappa shape index (κ2) is 5.76. The molecule has 2 N–H and O–H groups in total. The molecule has 0 saturated heterocycles. The van der Waals surface area contributed by atoms with Gasteiger partial charge in [-0.25, -0.2) is 4.79 Å². The summed E-state index contributed by atoms with van der Waals surface area (Å²) in [7, 11) is 0. The number of hydrogen-bond acceptors (Lipinski definition) is 4. The number of carbonyl (C=O) groups excluding carboxylic acids is 1. The number of aryl methyl sites for hydroxylation is 1. The molecule has 0 radical (unpaired) electrons. The number of benzene rings is 1. The standard InChI is InChI=1S/C13H9F3N2O3S/c1-6-4-2-3-5-7(6)8-9(10(11(19)20)22-18-8)17-12(21)13(14,15)16/h2-5H,1H3,(H,17,21)(H,19,20). The van der Waals surface area contributed by atoms with Gasteiger partial charge in [0.1, 0.15) is 5.69 Å². The van der Waals surface area contributed by atoms with Crippen LogP contribution in [0, 0.1) is 6.92 Å². The highest BCUT2D eigenvalue weighted by Gasteiger charge is 2.40. The van der Waals surface area contributed by atoms with Crippen molar-refractivity contribution >= 4 is 29.1 Å². The Morgan fingerprint density at radius 3 is 2.45 bits per heavy atom. The first-order valence-corrected chi connectivity index (χ1v) is 6.66. The van der Waals surface area contributed by atoms with Crippen LogP contribution in [0.5, 0.6) is 0 Å². The smallest absolute Gasteiger partial charge is 0.471 e. The van der Waals surface area contributed by atoms with Crippen molar-refractivity contribution in [1.82, 2.24) is 4.37 Å². The molecule has 1 heterocycles. The number of carboxylic acid groups (broad SMARTS) is 1. The van der Waals surface area contributed by atoms with Gasteiger partial charge in [-0.3, -0.25) is 4.79 Å². The topological polar surface area (TPSA) is 79.3 Å². The Morgan fingerprint density at radius 1 is 1.27 bits per heavy atom. The zero-order valence-electron chi connectivity index (χ0n) is 11.1. The number of anilines is 1. The normalized spacial score (nSPS) is 11.3. The molecule has 0 bridgehead atoms. The Labute approximate surface area is 126 Å². The van der Waals surface area contributed by atoms with E-state index in [1.807, 2.05) is 0 Å². The predicted molar refractivity (Wildman–Crippen MR) is 73.9 cm³/mol. The van der Waals surface area contributed by atoms with Gasteiger partial charge in [-0.1, -0.05) is 24.3 Å². The van der Waals surface area contributed by atoms with Gasteiger partial charge in [0.15, 0.2) is 4.88 Å². The van der Waals surface area contributed by atoms with Gasteiger partial charge < -0.3 is 10.4 Å². The van der Waals surface area contributed by atoms with Crippen molar-refractivity contribution in [1.29, 1.82) is 0 Å². The van der Waals surface area contributed by atoms with Gasteiger partial charge in [-0.05, 0) is 24.0 Å². The lowest BCUT2D eigenvalue weighted by atomic mass is 10.0. The number of carbonyl (C=O) groups is 2. The molecule has 0 spiro atoms. The Bertz CT molecular complexity index is 740. The van der Waals surface area contributed by atoms with Crippen molar-refractivity contribution in [2.24, 2.45) is 0 Å². The maximum Gasteiger partial charge on any atom is 0.471 e. The number of aromatic nitrogens is 1. The minimum absolute atomic E-state index is 0.00176. The van der Waals surface area contributed by atoms with Crippen molar-refractivity contribution in [3.05, 3.63) is 34.7 Å². The third-order valence-corrected chi connectivity index (χ3v) is 3.62. The summed E-state index contributed by atoms with van der Waals surface area (Å²) in [5, 5.41) is 10.7. The molecule has 22 heavy (non-hydrogen) atoms. The van der Waals surface area contributed by atoms with Crippen LogP contribution in [0.25, 0.3) is 11.3 Å². The molecule has 0 saturated carbocycles. The summed E-state index contributed by atoms with van der Waals surface area (Å²) in [6.45, 7) is 1.70. The zero-order chi connectivity index (χ0) is 16.5. The van der Waals surface area contributed by atoms with Crippen LogP contribution in [0.2, 0.25) is 0 Å². The summed E-state index contributed by atoms with van der Waals surface area (Å²) in [5.41, 5.74) is 0.684. The van der Waals surface area contributed by atoms with Crippen LogP contribution in [-0.2, 0) is 4.79 Å². The van der Waals surface area contributed by atoms with Crippen LogP contribution in [0.1, 0.15) is 15.2 Å². The fourth-order valence-corrected chi connectivity index (χ4v) is 2.45. The van der Waals surface area contributed by atoms with Gasteiger partial charge in [-0.15, -0.1) is 0 Å². The van der Waals surface area contributed by atoms with Crippen LogP contribution < -0.4 is 5.32 Å². The molecule has 1 amide bonds. The van der Waals surface area contributed by atoms with E-state index in [0.29, 0.717) is 22.7 Å². The number of carboxylic acids is 1. The molecule has 2 aromatic rings. The Hall–Kier alpha value is -2.42.